The Morgan fingerprint density at radius 2 is 1.94 bits per heavy atom. The van der Waals surface area contributed by atoms with Crippen molar-refractivity contribution in [2.24, 2.45) is 4.40 Å². The summed E-state index contributed by atoms with van der Waals surface area (Å²) in [4.78, 5) is 8.01. The number of fused-ring (bicyclic) bond motifs is 1. The second-order valence-corrected chi connectivity index (χ2v) is 5.20. The monoisotopic (exact) mass is 260 g/mol. The molecule has 0 amide bonds. The molecule has 0 atom stereocenters. The van der Waals surface area contributed by atoms with Crippen molar-refractivity contribution >= 4 is 21.7 Å². The molecule has 2 aromatic rings. The first-order valence-corrected chi connectivity index (χ1v) is 6.58. The molecular formula is C11H8N4O2S. The largest absolute Gasteiger partial charge is 0.323 e. The normalized spacial score (nSPS) is 16.3. The number of anilines is 1. The zero-order chi connectivity index (χ0) is 12.6. The van der Waals surface area contributed by atoms with Gasteiger partial charge < -0.3 is 5.32 Å². The number of hydrogen-bond donors (Lipinski definition) is 1. The summed E-state index contributed by atoms with van der Waals surface area (Å²) in [6, 6.07) is 6.46. The lowest BCUT2D eigenvalue weighted by Crippen LogP contribution is -2.23. The maximum absolute atomic E-state index is 12.0. The minimum atomic E-state index is -3.70. The third-order valence-corrected chi connectivity index (χ3v) is 3.74. The van der Waals surface area contributed by atoms with E-state index in [1.54, 1.807) is 24.4 Å². The summed E-state index contributed by atoms with van der Waals surface area (Å²) in [6.45, 7) is 0. The number of sulfonamides is 1. The molecule has 0 radical (unpaired) electrons. The van der Waals surface area contributed by atoms with E-state index >= 15 is 0 Å². The molecule has 0 aromatic carbocycles. The number of hydrogen-bond acceptors (Lipinski definition) is 5. The SMILES string of the molecule is O=S1(=O)N=C(c2cccnc2)Nc2ncccc21. The molecule has 0 unspecified atom stereocenters. The second kappa shape index (κ2) is 3.88. The van der Waals surface area contributed by atoms with Crippen LogP contribution in [-0.4, -0.2) is 24.2 Å². The van der Waals surface area contributed by atoms with Crippen LogP contribution in [0.25, 0.3) is 0 Å². The van der Waals surface area contributed by atoms with Crippen LogP contribution >= 0.6 is 0 Å². The Bertz CT molecular complexity index is 726. The predicted molar refractivity (Wildman–Crippen MR) is 65.8 cm³/mol. The molecule has 18 heavy (non-hydrogen) atoms. The van der Waals surface area contributed by atoms with E-state index in [2.05, 4.69) is 19.7 Å². The number of amidine groups is 1. The Labute approximate surface area is 103 Å². The highest BCUT2D eigenvalue weighted by Gasteiger charge is 2.26. The van der Waals surface area contributed by atoms with Gasteiger partial charge in [-0.15, -0.1) is 4.40 Å². The van der Waals surface area contributed by atoms with Crippen molar-refractivity contribution in [2.45, 2.75) is 4.90 Å². The fourth-order valence-corrected chi connectivity index (χ4v) is 2.71. The van der Waals surface area contributed by atoms with Crippen molar-refractivity contribution in [3.63, 3.8) is 0 Å². The number of rotatable bonds is 1. The van der Waals surface area contributed by atoms with Crippen LogP contribution in [0.1, 0.15) is 5.56 Å². The first-order chi connectivity index (χ1) is 8.67. The van der Waals surface area contributed by atoms with Gasteiger partial charge in [-0.1, -0.05) is 0 Å². The zero-order valence-corrected chi connectivity index (χ0v) is 9.92. The fourth-order valence-electron chi connectivity index (χ4n) is 1.62. The van der Waals surface area contributed by atoms with Crippen molar-refractivity contribution < 1.29 is 8.42 Å². The Morgan fingerprint density at radius 1 is 1.11 bits per heavy atom. The van der Waals surface area contributed by atoms with Crippen LogP contribution in [0.5, 0.6) is 0 Å². The minimum absolute atomic E-state index is 0.0811. The van der Waals surface area contributed by atoms with E-state index in [-0.39, 0.29) is 16.5 Å². The van der Waals surface area contributed by atoms with Crippen LogP contribution in [0, 0.1) is 0 Å². The lowest BCUT2D eigenvalue weighted by molar-refractivity contribution is 0.597. The molecule has 0 saturated heterocycles. The smallest absolute Gasteiger partial charge is 0.287 e. The van der Waals surface area contributed by atoms with Crippen molar-refractivity contribution in [3.8, 4) is 0 Å². The molecule has 3 heterocycles. The van der Waals surface area contributed by atoms with Crippen LogP contribution < -0.4 is 5.32 Å². The topological polar surface area (TPSA) is 84.3 Å². The average molecular weight is 260 g/mol. The second-order valence-electron chi connectivity index (χ2n) is 3.63. The lowest BCUT2D eigenvalue weighted by atomic mass is 10.2. The van der Waals surface area contributed by atoms with Gasteiger partial charge in [0.15, 0.2) is 11.7 Å². The summed E-state index contributed by atoms with van der Waals surface area (Å²) < 4.78 is 27.7. The van der Waals surface area contributed by atoms with Gasteiger partial charge in [-0.05, 0) is 24.3 Å². The Morgan fingerprint density at radius 3 is 2.72 bits per heavy atom. The molecule has 6 nitrogen and oxygen atoms in total. The minimum Gasteiger partial charge on any atom is -0.323 e. The molecular weight excluding hydrogens is 252 g/mol. The van der Waals surface area contributed by atoms with E-state index in [0.29, 0.717) is 5.56 Å². The summed E-state index contributed by atoms with van der Waals surface area (Å²) in [6.07, 6.45) is 4.66. The standard InChI is InChI=1S/C11H8N4O2S/c16-18(17)9-4-2-6-13-11(9)14-10(15-18)8-3-1-5-12-7-8/h1-7H,(H,13,14,15). The first kappa shape index (κ1) is 10.8. The van der Waals surface area contributed by atoms with Crippen molar-refractivity contribution in [1.82, 2.24) is 9.97 Å². The van der Waals surface area contributed by atoms with Gasteiger partial charge in [0.25, 0.3) is 10.0 Å². The molecule has 1 aliphatic rings. The molecule has 3 rings (SSSR count). The summed E-state index contributed by atoms with van der Waals surface area (Å²) in [5, 5.41) is 2.89. The van der Waals surface area contributed by atoms with Gasteiger partial charge in [0.05, 0.1) is 0 Å². The van der Waals surface area contributed by atoms with Crippen LogP contribution in [0.15, 0.2) is 52.1 Å². The molecule has 0 spiro atoms. The van der Waals surface area contributed by atoms with Gasteiger partial charge in [0.2, 0.25) is 0 Å². The molecule has 2 aromatic heterocycles. The molecule has 1 aliphatic heterocycles. The van der Waals surface area contributed by atoms with Crippen LogP contribution in [-0.2, 0) is 10.0 Å². The van der Waals surface area contributed by atoms with Gasteiger partial charge in [0.1, 0.15) is 4.90 Å². The van der Waals surface area contributed by atoms with Gasteiger partial charge in [-0.3, -0.25) is 4.98 Å². The summed E-state index contributed by atoms with van der Waals surface area (Å²) >= 11 is 0. The number of nitrogens with one attached hydrogen (secondary N) is 1. The Hall–Kier alpha value is -2.28. The van der Waals surface area contributed by atoms with Gasteiger partial charge in [-0.25, -0.2) is 4.98 Å². The van der Waals surface area contributed by atoms with Crippen molar-refractivity contribution in [3.05, 3.63) is 48.4 Å². The number of pyridine rings is 2. The van der Waals surface area contributed by atoms with Crippen LogP contribution in [0.4, 0.5) is 5.82 Å². The van der Waals surface area contributed by atoms with Gasteiger partial charge >= 0.3 is 0 Å². The predicted octanol–water partition coefficient (Wildman–Crippen LogP) is 1.04. The quantitative estimate of drug-likeness (QED) is 0.828. The number of aromatic nitrogens is 2. The third-order valence-electron chi connectivity index (χ3n) is 2.43. The van der Waals surface area contributed by atoms with Crippen LogP contribution in [0.3, 0.4) is 0 Å². The Balaban J connectivity index is 2.16. The Kier molecular flexibility index (Phi) is 2.34. The molecule has 0 fully saturated rings. The molecule has 0 aliphatic carbocycles. The van der Waals surface area contributed by atoms with Crippen molar-refractivity contribution in [1.29, 1.82) is 0 Å². The van der Waals surface area contributed by atoms with E-state index in [9.17, 15) is 8.42 Å². The van der Waals surface area contributed by atoms with Crippen molar-refractivity contribution in [2.75, 3.05) is 5.32 Å². The highest BCUT2D eigenvalue weighted by Crippen LogP contribution is 2.25. The summed E-state index contributed by atoms with van der Waals surface area (Å²) in [7, 11) is -3.70. The highest BCUT2D eigenvalue weighted by atomic mass is 32.2. The van der Waals surface area contributed by atoms with Crippen LogP contribution in [0.2, 0.25) is 0 Å². The first-order valence-electron chi connectivity index (χ1n) is 5.14. The molecule has 0 bridgehead atoms. The summed E-state index contributed by atoms with van der Waals surface area (Å²) in [5.41, 5.74) is 0.595. The maximum atomic E-state index is 12.0. The third kappa shape index (κ3) is 1.74. The van der Waals surface area contributed by atoms with E-state index in [4.69, 9.17) is 0 Å². The average Bonchev–Trinajstić information content (AvgIpc) is 2.39. The van der Waals surface area contributed by atoms with Gasteiger partial charge in [0, 0.05) is 24.2 Å². The highest BCUT2D eigenvalue weighted by molar-refractivity contribution is 7.90. The van der Waals surface area contributed by atoms with E-state index in [1.165, 1.54) is 18.5 Å². The molecule has 1 N–H and O–H groups in total. The van der Waals surface area contributed by atoms with E-state index < -0.39 is 10.0 Å². The summed E-state index contributed by atoms with van der Waals surface area (Å²) in [5.74, 6) is 0.514. The zero-order valence-electron chi connectivity index (χ0n) is 9.11. The molecule has 0 saturated carbocycles. The fraction of sp³-hybridized carbons (Fsp3) is 0. The van der Waals surface area contributed by atoms with Gasteiger partial charge in [-0.2, -0.15) is 8.42 Å². The van der Waals surface area contributed by atoms with E-state index in [1.807, 2.05) is 0 Å². The maximum Gasteiger partial charge on any atom is 0.287 e. The number of nitrogens with zero attached hydrogens (tertiary/aromatic N) is 3. The molecule has 90 valence electrons. The lowest BCUT2D eigenvalue weighted by Gasteiger charge is -2.16. The van der Waals surface area contributed by atoms with E-state index in [0.717, 1.165) is 0 Å². The molecule has 7 heteroatoms.